The normalized spacial score (nSPS) is 10.5. The van der Waals surface area contributed by atoms with E-state index in [1.165, 1.54) is 6.07 Å². The van der Waals surface area contributed by atoms with Crippen molar-refractivity contribution < 1.29 is 4.39 Å². The smallest absolute Gasteiger partial charge is 0.164 e. The van der Waals surface area contributed by atoms with Crippen LogP contribution >= 0.6 is 0 Å². The molecule has 13 heavy (non-hydrogen) atoms. The summed E-state index contributed by atoms with van der Waals surface area (Å²) in [5.74, 6) is 0.217. The Bertz CT molecular complexity index is 299. The monoisotopic (exact) mass is 183 g/mol. The van der Waals surface area contributed by atoms with Crippen molar-refractivity contribution in [3.8, 4) is 0 Å². The Morgan fingerprint density at radius 2 is 2.15 bits per heavy atom. The van der Waals surface area contributed by atoms with Crippen molar-refractivity contribution in [2.45, 2.75) is 19.9 Å². The van der Waals surface area contributed by atoms with E-state index in [0.29, 0.717) is 11.9 Å². The Morgan fingerprint density at radius 1 is 1.54 bits per heavy atom. The first-order valence-corrected chi connectivity index (χ1v) is 4.16. The molecule has 3 nitrogen and oxygen atoms in total. The van der Waals surface area contributed by atoms with Crippen molar-refractivity contribution in [1.29, 1.82) is 0 Å². The maximum atomic E-state index is 12.8. The first kappa shape index (κ1) is 9.77. The maximum Gasteiger partial charge on any atom is 0.164 e. The van der Waals surface area contributed by atoms with Crippen LogP contribution in [0.4, 0.5) is 15.9 Å². The Morgan fingerprint density at radius 3 is 2.62 bits per heavy atom. The highest BCUT2D eigenvalue weighted by Crippen LogP contribution is 2.17. The molecular formula is C9H14FN3. The first-order valence-electron chi connectivity index (χ1n) is 4.16. The third-order valence-electron chi connectivity index (χ3n) is 2.01. The zero-order chi connectivity index (χ0) is 10.0. The highest BCUT2D eigenvalue weighted by molar-refractivity contribution is 5.51. The van der Waals surface area contributed by atoms with Gasteiger partial charge in [-0.15, -0.1) is 0 Å². The maximum absolute atomic E-state index is 12.8. The summed E-state index contributed by atoms with van der Waals surface area (Å²) in [4.78, 5) is 5.86. The van der Waals surface area contributed by atoms with Crippen LogP contribution in [0.25, 0.3) is 0 Å². The number of hydrogen-bond acceptors (Lipinski definition) is 3. The number of rotatable bonds is 2. The molecule has 0 saturated carbocycles. The van der Waals surface area contributed by atoms with E-state index in [-0.39, 0.29) is 5.69 Å². The number of pyridine rings is 1. The molecule has 0 unspecified atom stereocenters. The van der Waals surface area contributed by atoms with Gasteiger partial charge in [0.1, 0.15) is 5.82 Å². The van der Waals surface area contributed by atoms with Gasteiger partial charge in [-0.05, 0) is 13.8 Å². The summed E-state index contributed by atoms with van der Waals surface area (Å²) in [6.45, 7) is 4.06. The quantitative estimate of drug-likeness (QED) is 0.758. The molecule has 72 valence electrons. The molecule has 1 heterocycles. The fourth-order valence-corrected chi connectivity index (χ4v) is 0.900. The molecule has 1 rings (SSSR count). The molecule has 0 spiro atoms. The number of aromatic nitrogens is 1. The van der Waals surface area contributed by atoms with Gasteiger partial charge < -0.3 is 10.6 Å². The molecular weight excluding hydrogens is 169 g/mol. The van der Waals surface area contributed by atoms with Gasteiger partial charge in [-0.1, -0.05) is 0 Å². The van der Waals surface area contributed by atoms with Crippen LogP contribution in [-0.2, 0) is 0 Å². The zero-order valence-electron chi connectivity index (χ0n) is 8.08. The van der Waals surface area contributed by atoms with Crippen molar-refractivity contribution in [1.82, 2.24) is 4.98 Å². The van der Waals surface area contributed by atoms with Crippen LogP contribution < -0.4 is 10.6 Å². The lowest BCUT2D eigenvalue weighted by Gasteiger charge is -2.22. The average Bonchev–Trinajstić information content (AvgIpc) is 2.08. The molecule has 1 aromatic heterocycles. The summed E-state index contributed by atoms with van der Waals surface area (Å²) in [7, 11) is 1.89. The second-order valence-electron chi connectivity index (χ2n) is 3.27. The second kappa shape index (κ2) is 3.60. The van der Waals surface area contributed by atoms with E-state index in [9.17, 15) is 4.39 Å². The van der Waals surface area contributed by atoms with Crippen molar-refractivity contribution in [2.75, 3.05) is 17.7 Å². The molecule has 1 aromatic rings. The lowest BCUT2D eigenvalue weighted by molar-refractivity contribution is 0.624. The summed E-state index contributed by atoms with van der Waals surface area (Å²) < 4.78 is 12.8. The van der Waals surface area contributed by atoms with Gasteiger partial charge >= 0.3 is 0 Å². The Kier molecular flexibility index (Phi) is 2.70. The van der Waals surface area contributed by atoms with Gasteiger partial charge in [0.15, 0.2) is 5.82 Å². The minimum absolute atomic E-state index is 0.137. The number of anilines is 2. The summed E-state index contributed by atoms with van der Waals surface area (Å²) in [6.07, 6.45) is 1.14. The van der Waals surface area contributed by atoms with Crippen LogP contribution in [0.1, 0.15) is 13.8 Å². The van der Waals surface area contributed by atoms with E-state index in [1.54, 1.807) is 0 Å². The van der Waals surface area contributed by atoms with Crippen molar-refractivity contribution in [2.24, 2.45) is 0 Å². The summed E-state index contributed by atoms with van der Waals surface area (Å²) >= 11 is 0. The Hall–Kier alpha value is -1.32. The predicted molar refractivity (Wildman–Crippen MR) is 52.1 cm³/mol. The van der Waals surface area contributed by atoms with Gasteiger partial charge in [-0.3, -0.25) is 0 Å². The number of halogens is 1. The average molecular weight is 183 g/mol. The van der Waals surface area contributed by atoms with Gasteiger partial charge in [0.25, 0.3) is 0 Å². The largest absolute Gasteiger partial charge is 0.396 e. The minimum atomic E-state index is -0.471. The Balaban J connectivity index is 2.97. The van der Waals surface area contributed by atoms with Crippen molar-refractivity contribution in [3.05, 3.63) is 18.1 Å². The number of nitrogens with two attached hydrogens (primary N) is 1. The topological polar surface area (TPSA) is 42.1 Å². The van der Waals surface area contributed by atoms with Gasteiger partial charge in [0.2, 0.25) is 0 Å². The molecule has 0 aliphatic carbocycles. The van der Waals surface area contributed by atoms with Crippen LogP contribution in [0.5, 0.6) is 0 Å². The van der Waals surface area contributed by atoms with Crippen LogP contribution in [0.2, 0.25) is 0 Å². The van der Waals surface area contributed by atoms with Gasteiger partial charge in [-0.25, -0.2) is 9.37 Å². The SMILES string of the molecule is CC(C)N(C)c1cc(N)c(F)cn1. The zero-order valence-corrected chi connectivity index (χ0v) is 8.08. The van der Waals surface area contributed by atoms with E-state index < -0.39 is 5.82 Å². The molecule has 0 amide bonds. The lowest BCUT2D eigenvalue weighted by atomic mass is 10.3. The van der Waals surface area contributed by atoms with E-state index in [2.05, 4.69) is 4.98 Å². The van der Waals surface area contributed by atoms with Crippen LogP contribution in [-0.4, -0.2) is 18.1 Å². The fourth-order valence-electron chi connectivity index (χ4n) is 0.900. The standard InChI is InChI=1S/C9H14FN3/c1-6(2)13(3)9-4-8(11)7(10)5-12-9/h4-6H,1-3H3,(H2,11,12). The highest BCUT2D eigenvalue weighted by Gasteiger charge is 2.08. The number of hydrogen-bond donors (Lipinski definition) is 1. The predicted octanol–water partition coefficient (Wildman–Crippen LogP) is 1.65. The second-order valence-corrected chi connectivity index (χ2v) is 3.27. The molecule has 0 fully saturated rings. The van der Waals surface area contributed by atoms with Crippen molar-refractivity contribution in [3.63, 3.8) is 0 Å². The molecule has 0 aromatic carbocycles. The summed E-state index contributed by atoms with van der Waals surface area (Å²) in [5.41, 5.74) is 5.55. The Labute approximate surface area is 77.4 Å². The molecule has 0 bridgehead atoms. The fraction of sp³-hybridized carbons (Fsp3) is 0.444. The highest BCUT2D eigenvalue weighted by atomic mass is 19.1. The van der Waals surface area contributed by atoms with E-state index >= 15 is 0 Å². The van der Waals surface area contributed by atoms with E-state index in [1.807, 2.05) is 25.8 Å². The molecule has 0 aliphatic rings. The third kappa shape index (κ3) is 2.08. The molecule has 0 saturated heterocycles. The number of nitrogen functional groups attached to an aromatic ring is 1. The van der Waals surface area contributed by atoms with E-state index in [4.69, 9.17) is 5.73 Å². The first-order chi connectivity index (χ1) is 6.02. The van der Waals surface area contributed by atoms with Gasteiger partial charge in [0, 0.05) is 19.2 Å². The summed E-state index contributed by atoms with van der Waals surface area (Å²) in [5, 5.41) is 0. The molecule has 2 N–H and O–H groups in total. The lowest BCUT2D eigenvalue weighted by Crippen LogP contribution is -2.26. The molecule has 4 heteroatoms. The van der Waals surface area contributed by atoms with Gasteiger partial charge in [-0.2, -0.15) is 0 Å². The van der Waals surface area contributed by atoms with Gasteiger partial charge in [0.05, 0.1) is 11.9 Å². The van der Waals surface area contributed by atoms with Crippen molar-refractivity contribution >= 4 is 11.5 Å². The van der Waals surface area contributed by atoms with Crippen LogP contribution in [0.15, 0.2) is 12.3 Å². The van der Waals surface area contributed by atoms with Crippen LogP contribution in [0.3, 0.4) is 0 Å². The number of nitrogens with zero attached hydrogens (tertiary/aromatic N) is 2. The molecule has 0 atom stereocenters. The minimum Gasteiger partial charge on any atom is -0.396 e. The van der Waals surface area contributed by atoms with E-state index in [0.717, 1.165) is 6.20 Å². The molecule has 0 aliphatic heterocycles. The summed E-state index contributed by atoms with van der Waals surface area (Å²) in [6, 6.07) is 1.85. The molecule has 0 radical (unpaired) electrons. The third-order valence-corrected chi connectivity index (χ3v) is 2.01. The van der Waals surface area contributed by atoms with Crippen LogP contribution in [0, 0.1) is 5.82 Å².